The van der Waals surface area contributed by atoms with Crippen LogP contribution >= 0.6 is 0 Å². The van der Waals surface area contributed by atoms with Gasteiger partial charge in [0.2, 0.25) is 5.91 Å². The topological polar surface area (TPSA) is 32.3 Å². The molecule has 0 aliphatic carbocycles. The number of hydrogen-bond donors (Lipinski definition) is 1. The highest BCUT2D eigenvalue weighted by Crippen LogP contribution is 2.20. The van der Waals surface area contributed by atoms with E-state index in [0.29, 0.717) is 18.0 Å². The van der Waals surface area contributed by atoms with Gasteiger partial charge < -0.3 is 10.2 Å². The summed E-state index contributed by atoms with van der Waals surface area (Å²) in [6.45, 7) is 2.01. The Labute approximate surface area is 111 Å². The first-order chi connectivity index (χ1) is 9.04. The fourth-order valence-electron chi connectivity index (χ4n) is 2.31. The van der Waals surface area contributed by atoms with Crippen LogP contribution in [0.25, 0.3) is 0 Å². The summed E-state index contributed by atoms with van der Waals surface area (Å²) in [5.74, 6) is -1.62. The maximum absolute atomic E-state index is 13.0. The fraction of sp³-hybridized carbons (Fsp3) is 0.500. The highest BCUT2D eigenvalue weighted by atomic mass is 19.2. The lowest BCUT2D eigenvalue weighted by molar-refractivity contribution is -0.117. The fourth-order valence-corrected chi connectivity index (χ4v) is 2.31. The maximum Gasteiger partial charge on any atom is 0.224 e. The van der Waals surface area contributed by atoms with E-state index < -0.39 is 11.6 Å². The van der Waals surface area contributed by atoms with Gasteiger partial charge in [0.1, 0.15) is 0 Å². The van der Waals surface area contributed by atoms with E-state index in [1.165, 1.54) is 6.07 Å². The van der Waals surface area contributed by atoms with Gasteiger partial charge in [0, 0.05) is 18.2 Å². The number of hydrogen-bond acceptors (Lipinski definition) is 2. The van der Waals surface area contributed by atoms with Gasteiger partial charge in [0.25, 0.3) is 0 Å². The number of halogens is 2. The number of anilines is 1. The Morgan fingerprint density at radius 2 is 2.00 bits per heavy atom. The van der Waals surface area contributed by atoms with Crippen LogP contribution in [0, 0.1) is 17.6 Å². The first-order valence-corrected chi connectivity index (χ1v) is 6.48. The number of piperidine rings is 1. The molecule has 0 bridgehead atoms. The molecule has 1 aromatic rings. The Kier molecular flexibility index (Phi) is 4.47. The molecule has 1 amide bonds. The summed E-state index contributed by atoms with van der Waals surface area (Å²) in [6.07, 6.45) is 2.44. The van der Waals surface area contributed by atoms with Crippen LogP contribution in [0.2, 0.25) is 0 Å². The molecule has 1 N–H and O–H groups in total. The molecule has 1 aliphatic rings. The van der Waals surface area contributed by atoms with E-state index in [1.54, 1.807) is 0 Å². The van der Waals surface area contributed by atoms with E-state index in [-0.39, 0.29) is 5.91 Å². The molecule has 1 heterocycles. The number of rotatable bonds is 3. The molecule has 1 saturated heterocycles. The van der Waals surface area contributed by atoms with Crippen molar-refractivity contribution in [1.82, 2.24) is 4.90 Å². The smallest absolute Gasteiger partial charge is 0.224 e. The van der Waals surface area contributed by atoms with Crippen molar-refractivity contribution in [2.75, 3.05) is 25.5 Å². The van der Waals surface area contributed by atoms with Gasteiger partial charge in [-0.05, 0) is 51.0 Å². The summed E-state index contributed by atoms with van der Waals surface area (Å²) in [6, 6.07) is 3.38. The second-order valence-electron chi connectivity index (χ2n) is 5.13. The third-order valence-electron chi connectivity index (χ3n) is 3.52. The molecule has 5 heteroatoms. The first-order valence-electron chi connectivity index (χ1n) is 6.48. The van der Waals surface area contributed by atoms with E-state index >= 15 is 0 Å². The van der Waals surface area contributed by atoms with Crippen LogP contribution in [0.1, 0.15) is 19.3 Å². The van der Waals surface area contributed by atoms with Gasteiger partial charge in [-0.15, -0.1) is 0 Å². The van der Waals surface area contributed by atoms with Gasteiger partial charge >= 0.3 is 0 Å². The molecule has 104 valence electrons. The molecule has 0 saturated carbocycles. The molecule has 1 aromatic carbocycles. The zero-order chi connectivity index (χ0) is 13.8. The van der Waals surface area contributed by atoms with Crippen molar-refractivity contribution in [3.8, 4) is 0 Å². The number of nitrogens with zero attached hydrogens (tertiary/aromatic N) is 1. The minimum atomic E-state index is -0.947. The quantitative estimate of drug-likeness (QED) is 0.914. The molecule has 19 heavy (non-hydrogen) atoms. The maximum atomic E-state index is 13.0. The number of amides is 1. The number of benzene rings is 1. The van der Waals surface area contributed by atoms with Crippen LogP contribution < -0.4 is 5.32 Å². The van der Waals surface area contributed by atoms with Crippen molar-refractivity contribution in [3.05, 3.63) is 29.8 Å². The molecule has 0 aromatic heterocycles. The molecule has 1 aliphatic heterocycles. The lowest BCUT2D eigenvalue weighted by atomic mass is 9.93. The van der Waals surface area contributed by atoms with E-state index in [9.17, 15) is 13.6 Å². The molecule has 1 fully saturated rings. The van der Waals surface area contributed by atoms with Crippen LogP contribution in [0.5, 0.6) is 0 Å². The summed E-state index contributed by atoms with van der Waals surface area (Å²) in [5.41, 5.74) is 0.303. The Morgan fingerprint density at radius 3 is 2.63 bits per heavy atom. The minimum Gasteiger partial charge on any atom is -0.326 e. The van der Waals surface area contributed by atoms with Crippen LogP contribution in [0.15, 0.2) is 18.2 Å². The summed E-state index contributed by atoms with van der Waals surface area (Å²) in [5, 5.41) is 2.61. The van der Waals surface area contributed by atoms with Crippen molar-refractivity contribution in [3.63, 3.8) is 0 Å². The van der Waals surface area contributed by atoms with Crippen molar-refractivity contribution < 1.29 is 13.6 Å². The second-order valence-corrected chi connectivity index (χ2v) is 5.13. The number of carbonyl (C=O) groups is 1. The number of nitrogens with one attached hydrogen (secondary N) is 1. The van der Waals surface area contributed by atoms with Gasteiger partial charge in [0.05, 0.1) is 0 Å². The van der Waals surface area contributed by atoms with Crippen LogP contribution in [0.4, 0.5) is 14.5 Å². The molecule has 0 unspecified atom stereocenters. The number of likely N-dealkylation sites (tertiary alicyclic amines) is 1. The van der Waals surface area contributed by atoms with E-state index in [4.69, 9.17) is 0 Å². The Balaban J connectivity index is 1.85. The summed E-state index contributed by atoms with van der Waals surface area (Å²) >= 11 is 0. The average molecular weight is 268 g/mol. The van der Waals surface area contributed by atoms with Gasteiger partial charge in [-0.2, -0.15) is 0 Å². The molecule has 0 atom stereocenters. The Bertz CT molecular complexity index is 457. The average Bonchev–Trinajstić information content (AvgIpc) is 2.37. The SMILES string of the molecule is CN1CCC(CC(=O)Nc2ccc(F)c(F)c2)CC1. The predicted octanol–water partition coefficient (Wildman–Crippen LogP) is 2.64. The van der Waals surface area contributed by atoms with Crippen molar-refractivity contribution in [2.24, 2.45) is 5.92 Å². The lowest BCUT2D eigenvalue weighted by Gasteiger charge is -2.28. The van der Waals surface area contributed by atoms with Crippen molar-refractivity contribution in [1.29, 1.82) is 0 Å². The molecular formula is C14H18F2N2O. The molecule has 0 radical (unpaired) electrons. The summed E-state index contributed by atoms with van der Waals surface area (Å²) < 4.78 is 25.8. The number of carbonyl (C=O) groups excluding carboxylic acids is 1. The van der Waals surface area contributed by atoms with Gasteiger partial charge in [-0.3, -0.25) is 4.79 Å². The second kappa shape index (κ2) is 6.10. The van der Waals surface area contributed by atoms with Gasteiger partial charge in [-0.1, -0.05) is 0 Å². The van der Waals surface area contributed by atoms with Gasteiger partial charge in [0.15, 0.2) is 11.6 Å². The highest BCUT2D eigenvalue weighted by Gasteiger charge is 2.19. The van der Waals surface area contributed by atoms with E-state index in [0.717, 1.165) is 38.1 Å². The van der Waals surface area contributed by atoms with Crippen molar-refractivity contribution in [2.45, 2.75) is 19.3 Å². The molecule has 0 spiro atoms. The first kappa shape index (κ1) is 13.9. The minimum absolute atomic E-state index is 0.138. The summed E-state index contributed by atoms with van der Waals surface area (Å²) in [7, 11) is 2.07. The van der Waals surface area contributed by atoms with Gasteiger partial charge in [-0.25, -0.2) is 8.78 Å². The monoisotopic (exact) mass is 268 g/mol. The van der Waals surface area contributed by atoms with Crippen LogP contribution in [0.3, 0.4) is 0 Å². The largest absolute Gasteiger partial charge is 0.326 e. The molecular weight excluding hydrogens is 250 g/mol. The zero-order valence-electron chi connectivity index (χ0n) is 11.0. The van der Waals surface area contributed by atoms with Crippen molar-refractivity contribution >= 4 is 11.6 Å². The lowest BCUT2D eigenvalue weighted by Crippen LogP contribution is -2.31. The zero-order valence-corrected chi connectivity index (χ0v) is 11.0. The normalized spacial score (nSPS) is 17.4. The van der Waals surface area contributed by atoms with Crippen LogP contribution in [-0.4, -0.2) is 30.9 Å². The Morgan fingerprint density at radius 1 is 1.32 bits per heavy atom. The third kappa shape index (κ3) is 3.99. The van der Waals surface area contributed by atoms with E-state index in [2.05, 4.69) is 17.3 Å². The third-order valence-corrected chi connectivity index (χ3v) is 3.52. The standard InChI is InChI=1S/C14H18F2N2O/c1-18-6-4-10(5-7-18)8-14(19)17-11-2-3-12(15)13(16)9-11/h2-3,9-10H,4-8H2,1H3,(H,17,19). The predicted molar refractivity (Wildman–Crippen MR) is 69.8 cm³/mol. The van der Waals surface area contributed by atoms with Crippen LogP contribution in [-0.2, 0) is 4.79 Å². The molecule has 3 nitrogen and oxygen atoms in total. The highest BCUT2D eigenvalue weighted by molar-refractivity contribution is 5.90. The van der Waals surface area contributed by atoms with E-state index in [1.807, 2.05) is 0 Å². The Hall–Kier alpha value is -1.49. The molecule has 2 rings (SSSR count). The summed E-state index contributed by atoms with van der Waals surface area (Å²) in [4.78, 5) is 14.1.